The van der Waals surface area contributed by atoms with Crippen LogP contribution in [0.15, 0.2) is 18.2 Å². The number of rotatable bonds is 2. The van der Waals surface area contributed by atoms with Crippen molar-refractivity contribution >= 4 is 5.91 Å². The fourth-order valence-electron chi connectivity index (χ4n) is 3.29. The zero-order valence-corrected chi connectivity index (χ0v) is 11.3. The van der Waals surface area contributed by atoms with Crippen molar-refractivity contribution in [2.75, 3.05) is 19.6 Å². The van der Waals surface area contributed by atoms with E-state index in [1.807, 2.05) is 0 Å². The number of likely N-dealkylation sites (tertiary alicyclic amines) is 1. The summed E-state index contributed by atoms with van der Waals surface area (Å²) in [6.45, 7) is 2.67. The molecule has 0 bridgehead atoms. The van der Waals surface area contributed by atoms with Crippen molar-refractivity contribution in [3.05, 3.63) is 35.4 Å². The van der Waals surface area contributed by atoms with E-state index in [9.17, 15) is 13.6 Å². The molecule has 1 aromatic rings. The smallest absolute Gasteiger partial charge is 0.223 e. The molecule has 2 heterocycles. The molecule has 0 aromatic heterocycles. The SMILES string of the molecule is O=C1CC2(CCNCC2)CN1Cc1cccc(F)c1F. The Hall–Kier alpha value is -1.49. The monoisotopic (exact) mass is 280 g/mol. The Morgan fingerprint density at radius 2 is 2.00 bits per heavy atom. The Balaban J connectivity index is 1.75. The van der Waals surface area contributed by atoms with Gasteiger partial charge in [-0.05, 0) is 37.4 Å². The third-order valence-electron chi connectivity index (χ3n) is 4.46. The van der Waals surface area contributed by atoms with E-state index >= 15 is 0 Å². The molecule has 3 nitrogen and oxygen atoms in total. The van der Waals surface area contributed by atoms with E-state index in [1.165, 1.54) is 6.07 Å². The molecule has 20 heavy (non-hydrogen) atoms. The Morgan fingerprint density at radius 1 is 1.25 bits per heavy atom. The Morgan fingerprint density at radius 3 is 2.75 bits per heavy atom. The molecule has 2 saturated heterocycles. The van der Waals surface area contributed by atoms with E-state index in [1.54, 1.807) is 11.0 Å². The molecule has 108 valence electrons. The van der Waals surface area contributed by atoms with Gasteiger partial charge in [-0.15, -0.1) is 0 Å². The average Bonchev–Trinajstić information content (AvgIpc) is 2.72. The van der Waals surface area contributed by atoms with Gasteiger partial charge >= 0.3 is 0 Å². The number of halogens is 2. The maximum Gasteiger partial charge on any atom is 0.223 e. The molecular formula is C15H18F2N2O. The Kier molecular flexibility index (Phi) is 3.46. The molecule has 3 rings (SSSR count). The Labute approximate surface area is 117 Å². The lowest BCUT2D eigenvalue weighted by molar-refractivity contribution is -0.128. The predicted molar refractivity (Wildman–Crippen MR) is 70.9 cm³/mol. The first-order valence-corrected chi connectivity index (χ1v) is 7.01. The molecule has 2 aliphatic rings. The lowest BCUT2D eigenvalue weighted by Gasteiger charge is -2.33. The summed E-state index contributed by atoms with van der Waals surface area (Å²) < 4.78 is 26.9. The number of hydrogen-bond acceptors (Lipinski definition) is 2. The molecule has 1 N–H and O–H groups in total. The number of carbonyl (C=O) groups excluding carboxylic acids is 1. The van der Waals surface area contributed by atoms with Crippen LogP contribution in [-0.4, -0.2) is 30.4 Å². The van der Waals surface area contributed by atoms with Gasteiger partial charge in [0, 0.05) is 25.1 Å². The van der Waals surface area contributed by atoms with E-state index in [0.717, 1.165) is 32.0 Å². The quantitative estimate of drug-likeness (QED) is 0.899. The topological polar surface area (TPSA) is 32.3 Å². The zero-order valence-electron chi connectivity index (χ0n) is 11.3. The van der Waals surface area contributed by atoms with Crippen molar-refractivity contribution < 1.29 is 13.6 Å². The third kappa shape index (κ3) is 2.42. The maximum atomic E-state index is 13.7. The van der Waals surface area contributed by atoms with Crippen LogP contribution in [0.5, 0.6) is 0 Å². The summed E-state index contributed by atoms with van der Waals surface area (Å²) in [6.07, 6.45) is 2.48. The molecule has 1 amide bonds. The van der Waals surface area contributed by atoms with Gasteiger partial charge in [0.2, 0.25) is 5.91 Å². The standard InChI is InChI=1S/C15H18F2N2O/c16-12-3-1-2-11(14(12)17)9-19-10-15(8-13(19)20)4-6-18-7-5-15/h1-3,18H,4-10H2. The third-order valence-corrected chi connectivity index (χ3v) is 4.46. The summed E-state index contributed by atoms with van der Waals surface area (Å²) in [6, 6.07) is 4.12. The largest absolute Gasteiger partial charge is 0.338 e. The van der Waals surface area contributed by atoms with Crippen LogP contribution in [0.4, 0.5) is 8.78 Å². The van der Waals surface area contributed by atoms with Crippen molar-refractivity contribution in [3.8, 4) is 0 Å². The van der Waals surface area contributed by atoms with E-state index in [2.05, 4.69) is 5.32 Å². The summed E-state index contributed by atoms with van der Waals surface area (Å²) in [5, 5.41) is 3.29. The first-order valence-electron chi connectivity index (χ1n) is 7.01. The van der Waals surface area contributed by atoms with Crippen molar-refractivity contribution in [1.29, 1.82) is 0 Å². The minimum absolute atomic E-state index is 0.0339. The van der Waals surface area contributed by atoms with Crippen LogP contribution >= 0.6 is 0 Å². The fraction of sp³-hybridized carbons (Fsp3) is 0.533. The van der Waals surface area contributed by atoms with Crippen LogP contribution in [0, 0.1) is 17.0 Å². The number of benzene rings is 1. The van der Waals surface area contributed by atoms with Gasteiger partial charge in [0.15, 0.2) is 11.6 Å². The van der Waals surface area contributed by atoms with Crippen molar-refractivity contribution in [2.45, 2.75) is 25.8 Å². The molecule has 2 aliphatic heterocycles. The van der Waals surface area contributed by atoms with E-state index < -0.39 is 11.6 Å². The highest BCUT2D eigenvalue weighted by molar-refractivity contribution is 5.79. The van der Waals surface area contributed by atoms with Crippen LogP contribution in [0.2, 0.25) is 0 Å². The van der Waals surface area contributed by atoms with Crippen molar-refractivity contribution in [2.24, 2.45) is 5.41 Å². The van der Waals surface area contributed by atoms with Gasteiger partial charge in [-0.2, -0.15) is 0 Å². The number of nitrogens with zero attached hydrogens (tertiary/aromatic N) is 1. The Bertz CT molecular complexity index is 527. The van der Waals surface area contributed by atoms with E-state index in [-0.39, 0.29) is 23.4 Å². The molecule has 0 unspecified atom stereocenters. The first kappa shape index (κ1) is 13.5. The second kappa shape index (κ2) is 5.13. The van der Waals surface area contributed by atoms with Crippen molar-refractivity contribution in [1.82, 2.24) is 10.2 Å². The van der Waals surface area contributed by atoms with Gasteiger partial charge in [0.25, 0.3) is 0 Å². The molecule has 0 radical (unpaired) electrons. The van der Waals surface area contributed by atoms with Gasteiger partial charge in [0.05, 0.1) is 0 Å². The van der Waals surface area contributed by atoms with E-state index in [4.69, 9.17) is 0 Å². The molecule has 0 atom stereocenters. The fourth-order valence-corrected chi connectivity index (χ4v) is 3.29. The highest BCUT2D eigenvalue weighted by atomic mass is 19.2. The molecule has 2 fully saturated rings. The second-order valence-corrected chi connectivity index (χ2v) is 5.89. The highest BCUT2D eigenvalue weighted by Crippen LogP contribution is 2.39. The summed E-state index contributed by atoms with van der Waals surface area (Å²) in [5.41, 5.74) is 0.288. The number of carbonyl (C=O) groups is 1. The summed E-state index contributed by atoms with van der Waals surface area (Å²) in [4.78, 5) is 13.8. The summed E-state index contributed by atoms with van der Waals surface area (Å²) in [5.74, 6) is -1.65. The average molecular weight is 280 g/mol. The van der Waals surface area contributed by atoms with E-state index in [0.29, 0.717) is 13.0 Å². The van der Waals surface area contributed by atoms with Gasteiger partial charge < -0.3 is 10.2 Å². The van der Waals surface area contributed by atoms with Gasteiger partial charge in [-0.3, -0.25) is 4.79 Å². The normalized spacial score (nSPS) is 21.7. The number of hydrogen-bond donors (Lipinski definition) is 1. The van der Waals surface area contributed by atoms with Crippen molar-refractivity contribution in [3.63, 3.8) is 0 Å². The summed E-state index contributed by atoms with van der Waals surface area (Å²) >= 11 is 0. The zero-order chi connectivity index (χ0) is 14.2. The summed E-state index contributed by atoms with van der Waals surface area (Å²) in [7, 11) is 0. The lowest BCUT2D eigenvalue weighted by atomic mass is 9.78. The van der Waals surface area contributed by atoms with Gasteiger partial charge in [-0.25, -0.2) is 8.78 Å². The molecule has 1 spiro atoms. The number of nitrogens with one attached hydrogen (secondary N) is 1. The minimum atomic E-state index is -0.856. The van der Waals surface area contributed by atoms with Crippen LogP contribution in [-0.2, 0) is 11.3 Å². The van der Waals surface area contributed by atoms with Gasteiger partial charge in [0.1, 0.15) is 0 Å². The van der Waals surface area contributed by atoms with Gasteiger partial charge in [-0.1, -0.05) is 12.1 Å². The number of piperidine rings is 1. The van der Waals surface area contributed by atoms with Crippen LogP contribution in [0.3, 0.4) is 0 Å². The molecular weight excluding hydrogens is 262 g/mol. The molecule has 0 saturated carbocycles. The second-order valence-electron chi connectivity index (χ2n) is 5.89. The molecule has 1 aromatic carbocycles. The van der Waals surface area contributed by atoms with Crippen LogP contribution in [0.25, 0.3) is 0 Å². The highest BCUT2D eigenvalue weighted by Gasteiger charge is 2.43. The van der Waals surface area contributed by atoms with Crippen LogP contribution in [0.1, 0.15) is 24.8 Å². The maximum absolute atomic E-state index is 13.7. The lowest BCUT2D eigenvalue weighted by Crippen LogP contribution is -2.38. The minimum Gasteiger partial charge on any atom is -0.338 e. The first-order chi connectivity index (χ1) is 9.60. The molecule has 0 aliphatic carbocycles. The molecule has 5 heteroatoms. The predicted octanol–water partition coefficient (Wildman–Crippen LogP) is 2.07. The number of amides is 1. The van der Waals surface area contributed by atoms with Crippen LogP contribution < -0.4 is 5.32 Å².